The topological polar surface area (TPSA) is 48.1 Å². The van der Waals surface area contributed by atoms with Crippen LogP contribution in [0.2, 0.25) is 0 Å². The zero-order valence-corrected chi connectivity index (χ0v) is 12.3. The summed E-state index contributed by atoms with van der Waals surface area (Å²) in [6, 6.07) is 10.0. The van der Waals surface area contributed by atoms with Gasteiger partial charge in [0.25, 0.3) is 0 Å². The van der Waals surface area contributed by atoms with E-state index in [0.29, 0.717) is 6.54 Å². The van der Waals surface area contributed by atoms with Crippen LogP contribution in [0.5, 0.6) is 5.75 Å². The predicted molar refractivity (Wildman–Crippen MR) is 78.7 cm³/mol. The van der Waals surface area contributed by atoms with Crippen LogP contribution in [0.1, 0.15) is 16.8 Å². The van der Waals surface area contributed by atoms with E-state index < -0.39 is 0 Å². The molecule has 0 atom stereocenters. The van der Waals surface area contributed by atoms with Crippen molar-refractivity contribution >= 4 is 11.8 Å². The summed E-state index contributed by atoms with van der Waals surface area (Å²) in [5.41, 5.74) is 9.13. The standard InChI is InChI=1S/C15H18N2OS/c1-10-8-11(2)17-15(12(10)9-16)19-14-7-5-4-6-13(14)18-3/h4-8H,9,16H2,1-3H3. The van der Waals surface area contributed by atoms with Gasteiger partial charge in [-0.1, -0.05) is 23.9 Å². The lowest BCUT2D eigenvalue weighted by Gasteiger charge is -2.12. The van der Waals surface area contributed by atoms with Crippen molar-refractivity contribution in [3.05, 3.63) is 47.2 Å². The Morgan fingerprint density at radius 3 is 2.68 bits per heavy atom. The van der Waals surface area contributed by atoms with Gasteiger partial charge in [-0.05, 0) is 37.6 Å². The van der Waals surface area contributed by atoms with Crippen molar-refractivity contribution in [1.29, 1.82) is 0 Å². The summed E-state index contributed by atoms with van der Waals surface area (Å²) in [4.78, 5) is 5.66. The molecule has 1 aromatic carbocycles. The van der Waals surface area contributed by atoms with Gasteiger partial charge in [0, 0.05) is 17.8 Å². The van der Waals surface area contributed by atoms with Gasteiger partial charge in [0.1, 0.15) is 10.8 Å². The van der Waals surface area contributed by atoms with Gasteiger partial charge in [-0.2, -0.15) is 0 Å². The molecule has 0 aliphatic carbocycles. The van der Waals surface area contributed by atoms with Crippen LogP contribution in [0.3, 0.4) is 0 Å². The molecule has 100 valence electrons. The molecule has 2 rings (SSSR count). The summed E-state index contributed by atoms with van der Waals surface area (Å²) in [5.74, 6) is 0.858. The minimum Gasteiger partial charge on any atom is -0.496 e. The van der Waals surface area contributed by atoms with Gasteiger partial charge in [0.05, 0.1) is 12.0 Å². The largest absolute Gasteiger partial charge is 0.496 e. The molecule has 1 aromatic heterocycles. The third-order valence-electron chi connectivity index (χ3n) is 2.92. The van der Waals surface area contributed by atoms with E-state index in [-0.39, 0.29) is 0 Å². The van der Waals surface area contributed by atoms with Crippen molar-refractivity contribution in [1.82, 2.24) is 4.98 Å². The molecule has 2 N–H and O–H groups in total. The van der Waals surface area contributed by atoms with Gasteiger partial charge >= 0.3 is 0 Å². The minimum absolute atomic E-state index is 0.497. The van der Waals surface area contributed by atoms with Crippen molar-refractivity contribution in [3.63, 3.8) is 0 Å². The summed E-state index contributed by atoms with van der Waals surface area (Å²) < 4.78 is 5.37. The van der Waals surface area contributed by atoms with Gasteiger partial charge < -0.3 is 10.5 Å². The number of aromatic nitrogens is 1. The Hall–Kier alpha value is -1.52. The predicted octanol–water partition coefficient (Wildman–Crippen LogP) is 3.32. The minimum atomic E-state index is 0.497. The number of hydrogen-bond donors (Lipinski definition) is 1. The van der Waals surface area contributed by atoms with E-state index in [4.69, 9.17) is 10.5 Å². The number of rotatable bonds is 4. The summed E-state index contributed by atoms with van der Waals surface area (Å²) in [7, 11) is 1.68. The van der Waals surface area contributed by atoms with Crippen LogP contribution in [0, 0.1) is 13.8 Å². The van der Waals surface area contributed by atoms with Crippen molar-refractivity contribution < 1.29 is 4.74 Å². The Labute approximate surface area is 118 Å². The van der Waals surface area contributed by atoms with Crippen molar-refractivity contribution in [2.24, 2.45) is 5.73 Å². The summed E-state index contributed by atoms with van der Waals surface area (Å²) in [6.07, 6.45) is 0. The fourth-order valence-electron chi connectivity index (χ4n) is 1.97. The highest BCUT2D eigenvalue weighted by atomic mass is 32.2. The second kappa shape index (κ2) is 6.08. The highest BCUT2D eigenvalue weighted by Gasteiger charge is 2.11. The van der Waals surface area contributed by atoms with Crippen molar-refractivity contribution in [2.75, 3.05) is 7.11 Å². The molecule has 1 heterocycles. The average Bonchev–Trinajstić information content (AvgIpc) is 2.39. The molecular formula is C15H18N2OS. The maximum Gasteiger partial charge on any atom is 0.132 e. The van der Waals surface area contributed by atoms with E-state index in [9.17, 15) is 0 Å². The number of ether oxygens (including phenoxy) is 1. The number of aryl methyl sites for hydroxylation is 2. The van der Waals surface area contributed by atoms with Crippen molar-refractivity contribution in [3.8, 4) is 5.75 Å². The molecule has 0 saturated heterocycles. The molecule has 0 aliphatic heterocycles. The fraction of sp³-hybridized carbons (Fsp3) is 0.267. The molecule has 0 aliphatic rings. The van der Waals surface area contributed by atoms with Crippen molar-refractivity contribution in [2.45, 2.75) is 30.3 Å². The Morgan fingerprint density at radius 1 is 1.26 bits per heavy atom. The van der Waals surface area contributed by atoms with Gasteiger partial charge in [-0.25, -0.2) is 4.98 Å². The number of para-hydroxylation sites is 1. The van der Waals surface area contributed by atoms with Crippen LogP contribution in [-0.4, -0.2) is 12.1 Å². The van der Waals surface area contributed by atoms with E-state index >= 15 is 0 Å². The number of pyridine rings is 1. The Bertz CT molecular complexity index is 584. The lowest BCUT2D eigenvalue weighted by atomic mass is 10.1. The fourth-order valence-corrected chi connectivity index (χ4v) is 3.13. The quantitative estimate of drug-likeness (QED) is 0.929. The maximum atomic E-state index is 5.84. The first kappa shape index (κ1) is 13.9. The summed E-state index contributed by atoms with van der Waals surface area (Å²) in [5, 5.41) is 0.963. The normalized spacial score (nSPS) is 10.5. The molecule has 0 fully saturated rings. The van der Waals surface area contributed by atoms with E-state index in [2.05, 4.69) is 18.0 Å². The van der Waals surface area contributed by atoms with Crippen LogP contribution in [0.15, 0.2) is 40.3 Å². The molecule has 0 radical (unpaired) electrons. The molecule has 3 nitrogen and oxygen atoms in total. The number of nitrogens with two attached hydrogens (primary N) is 1. The third-order valence-corrected chi connectivity index (χ3v) is 4.01. The van der Waals surface area contributed by atoms with Gasteiger partial charge in [-0.3, -0.25) is 0 Å². The van der Waals surface area contributed by atoms with E-state index in [1.165, 1.54) is 5.56 Å². The molecule has 0 unspecified atom stereocenters. The van der Waals surface area contributed by atoms with Crippen LogP contribution in [0.4, 0.5) is 0 Å². The highest BCUT2D eigenvalue weighted by molar-refractivity contribution is 7.99. The number of benzene rings is 1. The first-order valence-electron chi connectivity index (χ1n) is 6.13. The zero-order chi connectivity index (χ0) is 13.8. The second-order valence-corrected chi connectivity index (χ2v) is 5.35. The van der Waals surface area contributed by atoms with E-state index in [1.807, 2.05) is 31.2 Å². The Kier molecular flexibility index (Phi) is 4.45. The Balaban J connectivity index is 2.43. The second-order valence-electron chi connectivity index (χ2n) is 4.32. The van der Waals surface area contributed by atoms with E-state index in [0.717, 1.165) is 26.9 Å². The molecule has 2 aromatic rings. The zero-order valence-electron chi connectivity index (χ0n) is 11.4. The van der Waals surface area contributed by atoms with E-state index in [1.54, 1.807) is 18.9 Å². The highest BCUT2D eigenvalue weighted by Crippen LogP contribution is 2.36. The molecular weight excluding hydrogens is 256 g/mol. The van der Waals surface area contributed by atoms with Crippen LogP contribution < -0.4 is 10.5 Å². The summed E-state index contributed by atoms with van der Waals surface area (Å²) in [6.45, 7) is 4.57. The van der Waals surface area contributed by atoms with Gasteiger partial charge in [0.15, 0.2) is 0 Å². The SMILES string of the molecule is COc1ccccc1Sc1nc(C)cc(C)c1CN. The molecule has 0 spiro atoms. The van der Waals surface area contributed by atoms with Crippen LogP contribution in [-0.2, 0) is 6.54 Å². The monoisotopic (exact) mass is 274 g/mol. The molecule has 4 heteroatoms. The molecule has 0 saturated carbocycles. The van der Waals surface area contributed by atoms with Crippen LogP contribution in [0.25, 0.3) is 0 Å². The first-order chi connectivity index (χ1) is 9.15. The molecule has 0 bridgehead atoms. The number of methoxy groups -OCH3 is 1. The lowest BCUT2D eigenvalue weighted by molar-refractivity contribution is 0.405. The van der Waals surface area contributed by atoms with Gasteiger partial charge in [-0.15, -0.1) is 0 Å². The number of nitrogens with zero attached hydrogens (tertiary/aromatic N) is 1. The van der Waals surface area contributed by atoms with Gasteiger partial charge in [0.2, 0.25) is 0 Å². The third kappa shape index (κ3) is 3.08. The Morgan fingerprint density at radius 2 is 2.00 bits per heavy atom. The number of hydrogen-bond acceptors (Lipinski definition) is 4. The lowest BCUT2D eigenvalue weighted by Crippen LogP contribution is -2.04. The average molecular weight is 274 g/mol. The smallest absolute Gasteiger partial charge is 0.132 e. The molecule has 0 amide bonds. The molecule has 19 heavy (non-hydrogen) atoms. The first-order valence-corrected chi connectivity index (χ1v) is 6.95. The van der Waals surface area contributed by atoms with Crippen LogP contribution >= 0.6 is 11.8 Å². The summed E-state index contributed by atoms with van der Waals surface area (Å²) >= 11 is 1.60. The maximum absolute atomic E-state index is 5.84.